The van der Waals surface area contributed by atoms with Crippen LogP contribution in [0.2, 0.25) is 0 Å². The fraction of sp³-hybridized carbons (Fsp3) is 0.647. The van der Waals surface area contributed by atoms with Crippen molar-refractivity contribution in [1.29, 1.82) is 0 Å². The zero-order valence-corrected chi connectivity index (χ0v) is 15.0. The first kappa shape index (κ1) is 17.4. The molecule has 8 heteroatoms. The first-order valence-corrected chi connectivity index (χ1v) is 8.92. The monoisotopic (exact) mass is 346 g/mol. The van der Waals surface area contributed by atoms with Crippen LogP contribution in [0.5, 0.6) is 0 Å². The molecule has 2 N–H and O–H groups in total. The third-order valence-electron chi connectivity index (χ3n) is 4.72. The largest absolute Gasteiger partial charge is 0.337 e. The summed E-state index contributed by atoms with van der Waals surface area (Å²) in [5.74, 6) is 1.61. The molecule has 1 aliphatic carbocycles. The number of aromatic nitrogens is 4. The van der Waals surface area contributed by atoms with Gasteiger partial charge in [-0.15, -0.1) is 0 Å². The second-order valence-corrected chi connectivity index (χ2v) is 6.83. The first-order valence-electron chi connectivity index (χ1n) is 8.92. The number of hydrogen-bond donors (Lipinski definition) is 2. The zero-order valence-electron chi connectivity index (χ0n) is 15.0. The van der Waals surface area contributed by atoms with Crippen LogP contribution in [0.25, 0.3) is 0 Å². The summed E-state index contributed by atoms with van der Waals surface area (Å²) in [7, 11) is 1.85. The maximum Gasteiger partial charge on any atom is 0.315 e. The Kier molecular flexibility index (Phi) is 5.35. The van der Waals surface area contributed by atoms with Gasteiger partial charge in [0.1, 0.15) is 6.04 Å². The SMILES string of the molecule is C[C@@H](NC(=O)N[C@H](C)c1nc(C2CCCCC2)no1)c1cnn(C)c1. The highest BCUT2D eigenvalue weighted by molar-refractivity contribution is 5.74. The number of nitrogens with one attached hydrogen (secondary N) is 2. The van der Waals surface area contributed by atoms with Gasteiger partial charge in [0.2, 0.25) is 5.89 Å². The quantitative estimate of drug-likeness (QED) is 0.867. The lowest BCUT2D eigenvalue weighted by Crippen LogP contribution is -2.38. The summed E-state index contributed by atoms with van der Waals surface area (Å²) in [4.78, 5) is 16.7. The molecule has 0 radical (unpaired) electrons. The lowest BCUT2D eigenvalue weighted by atomic mass is 9.89. The highest BCUT2D eigenvalue weighted by Crippen LogP contribution is 2.31. The van der Waals surface area contributed by atoms with Gasteiger partial charge >= 0.3 is 6.03 Å². The van der Waals surface area contributed by atoms with Crippen LogP contribution in [0.3, 0.4) is 0 Å². The number of aryl methyl sites for hydroxylation is 1. The number of amides is 2. The van der Waals surface area contributed by atoms with E-state index in [9.17, 15) is 4.79 Å². The maximum atomic E-state index is 12.2. The molecule has 1 saturated carbocycles. The molecule has 3 rings (SSSR count). The predicted molar refractivity (Wildman–Crippen MR) is 91.8 cm³/mol. The number of nitrogens with zero attached hydrogens (tertiary/aromatic N) is 4. The summed E-state index contributed by atoms with van der Waals surface area (Å²) in [6.45, 7) is 3.75. The molecule has 8 nitrogen and oxygen atoms in total. The normalized spacial score (nSPS) is 17.9. The van der Waals surface area contributed by atoms with Gasteiger partial charge in [-0.2, -0.15) is 10.1 Å². The summed E-state index contributed by atoms with van der Waals surface area (Å²) in [5, 5.41) is 14.0. The highest BCUT2D eigenvalue weighted by Gasteiger charge is 2.23. The molecule has 0 saturated heterocycles. The molecule has 1 fully saturated rings. The zero-order chi connectivity index (χ0) is 17.8. The van der Waals surface area contributed by atoms with Crippen molar-refractivity contribution in [1.82, 2.24) is 30.6 Å². The van der Waals surface area contributed by atoms with Gasteiger partial charge in [0.05, 0.1) is 12.2 Å². The Hall–Kier alpha value is -2.38. The first-order chi connectivity index (χ1) is 12.0. The Morgan fingerprint density at radius 2 is 1.96 bits per heavy atom. The Balaban J connectivity index is 1.53. The summed E-state index contributed by atoms with van der Waals surface area (Å²) in [5.41, 5.74) is 0.947. The van der Waals surface area contributed by atoms with E-state index in [1.807, 2.05) is 27.1 Å². The van der Waals surface area contributed by atoms with E-state index in [4.69, 9.17) is 4.52 Å². The van der Waals surface area contributed by atoms with E-state index in [1.165, 1.54) is 19.3 Å². The van der Waals surface area contributed by atoms with Crippen LogP contribution < -0.4 is 10.6 Å². The smallest absolute Gasteiger partial charge is 0.315 e. The minimum Gasteiger partial charge on any atom is -0.337 e. The van der Waals surface area contributed by atoms with E-state index < -0.39 is 0 Å². The molecule has 25 heavy (non-hydrogen) atoms. The second-order valence-electron chi connectivity index (χ2n) is 6.83. The van der Waals surface area contributed by atoms with E-state index in [2.05, 4.69) is 25.9 Å². The number of carbonyl (C=O) groups excluding carboxylic acids is 1. The minimum absolute atomic E-state index is 0.138. The maximum absolute atomic E-state index is 12.2. The van der Waals surface area contributed by atoms with Crippen LogP contribution in [0.4, 0.5) is 4.79 Å². The molecular formula is C17H26N6O2. The van der Waals surface area contributed by atoms with Gasteiger partial charge in [-0.1, -0.05) is 24.4 Å². The van der Waals surface area contributed by atoms with Crippen molar-refractivity contribution in [3.05, 3.63) is 29.7 Å². The topological polar surface area (TPSA) is 97.9 Å². The van der Waals surface area contributed by atoms with Gasteiger partial charge in [-0.3, -0.25) is 4.68 Å². The van der Waals surface area contributed by atoms with E-state index in [1.54, 1.807) is 10.9 Å². The van der Waals surface area contributed by atoms with E-state index in [-0.39, 0.29) is 18.1 Å². The van der Waals surface area contributed by atoms with Crippen molar-refractivity contribution in [2.75, 3.05) is 0 Å². The van der Waals surface area contributed by atoms with Crippen LogP contribution in [0.15, 0.2) is 16.9 Å². The Labute approximate surface area is 147 Å². The van der Waals surface area contributed by atoms with Gasteiger partial charge < -0.3 is 15.2 Å². The number of hydrogen-bond acceptors (Lipinski definition) is 5. The molecule has 1 aliphatic rings. The van der Waals surface area contributed by atoms with E-state index in [0.717, 1.165) is 24.2 Å². The average molecular weight is 346 g/mol. The van der Waals surface area contributed by atoms with Gasteiger partial charge in [-0.25, -0.2) is 4.79 Å². The summed E-state index contributed by atoms with van der Waals surface area (Å²) in [6, 6.07) is -0.756. The van der Waals surface area contributed by atoms with Crippen molar-refractivity contribution in [3.63, 3.8) is 0 Å². The Morgan fingerprint density at radius 3 is 2.64 bits per heavy atom. The molecule has 2 heterocycles. The van der Waals surface area contributed by atoms with Gasteiger partial charge in [-0.05, 0) is 26.7 Å². The third-order valence-corrected chi connectivity index (χ3v) is 4.72. The van der Waals surface area contributed by atoms with Crippen LogP contribution >= 0.6 is 0 Å². The van der Waals surface area contributed by atoms with Crippen LogP contribution in [0.1, 0.15) is 81.2 Å². The third kappa shape index (κ3) is 4.37. The minimum atomic E-state index is -0.342. The van der Waals surface area contributed by atoms with Gasteiger partial charge in [0.25, 0.3) is 0 Å². The molecule has 2 atom stereocenters. The van der Waals surface area contributed by atoms with Crippen LogP contribution in [0, 0.1) is 0 Å². The fourth-order valence-corrected chi connectivity index (χ4v) is 3.19. The molecule has 0 aliphatic heterocycles. The van der Waals surface area contributed by atoms with E-state index in [0.29, 0.717) is 11.8 Å². The van der Waals surface area contributed by atoms with E-state index >= 15 is 0 Å². The molecule has 0 unspecified atom stereocenters. The highest BCUT2D eigenvalue weighted by atomic mass is 16.5. The van der Waals surface area contributed by atoms with Crippen molar-refractivity contribution in [2.24, 2.45) is 7.05 Å². The summed E-state index contributed by atoms with van der Waals surface area (Å²) < 4.78 is 7.06. The average Bonchev–Trinajstić information content (AvgIpc) is 3.24. The molecule has 2 aromatic heterocycles. The second kappa shape index (κ2) is 7.67. The predicted octanol–water partition coefficient (Wildman–Crippen LogP) is 2.97. The van der Waals surface area contributed by atoms with Crippen molar-refractivity contribution < 1.29 is 9.32 Å². The summed E-state index contributed by atoms with van der Waals surface area (Å²) >= 11 is 0. The lowest BCUT2D eigenvalue weighted by molar-refractivity contribution is 0.231. The molecular weight excluding hydrogens is 320 g/mol. The number of urea groups is 1. The standard InChI is InChI=1S/C17H26N6O2/c1-11(14-9-18-23(3)10-14)19-17(24)20-12(2)16-21-15(22-25-16)13-7-5-4-6-8-13/h9-13H,4-8H2,1-3H3,(H2,19,20,24)/t11-,12-/m1/s1. The van der Waals surface area contributed by atoms with Gasteiger partial charge in [0, 0.05) is 24.7 Å². The fourth-order valence-electron chi connectivity index (χ4n) is 3.19. The van der Waals surface area contributed by atoms with Crippen molar-refractivity contribution in [3.8, 4) is 0 Å². The van der Waals surface area contributed by atoms with Crippen LogP contribution in [-0.4, -0.2) is 26.0 Å². The molecule has 2 amide bonds. The van der Waals surface area contributed by atoms with Gasteiger partial charge in [0.15, 0.2) is 5.82 Å². The van der Waals surface area contributed by atoms with Crippen molar-refractivity contribution in [2.45, 2.75) is 64.0 Å². The number of rotatable bonds is 5. The molecule has 0 aromatic carbocycles. The Morgan fingerprint density at radius 1 is 1.24 bits per heavy atom. The molecule has 0 bridgehead atoms. The molecule has 136 valence electrons. The van der Waals surface area contributed by atoms with Crippen molar-refractivity contribution >= 4 is 6.03 Å². The summed E-state index contributed by atoms with van der Waals surface area (Å²) in [6.07, 6.45) is 9.57. The Bertz CT molecular complexity index is 704. The molecule has 2 aromatic rings. The number of carbonyl (C=O) groups is 1. The van der Waals surface area contributed by atoms with Crippen LogP contribution in [-0.2, 0) is 7.05 Å². The lowest BCUT2D eigenvalue weighted by Gasteiger charge is -2.17. The molecule has 0 spiro atoms.